The predicted molar refractivity (Wildman–Crippen MR) is 106 cm³/mol. The van der Waals surface area contributed by atoms with E-state index in [1.807, 2.05) is 12.1 Å². The third-order valence-electron chi connectivity index (χ3n) is 6.72. The fourth-order valence-corrected chi connectivity index (χ4v) is 5.41. The summed E-state index contributed by atoms with van der Waals surface area (Å²) in [6.07, 6.45) is 10.6. The minimum Gasteiger partial charge on any atom is -0.481 e. The molecule has 0 heterocycles. The molecule has 3 rings (SSSR count). The molecular formula is C22H28BrFO2. The van der Waals surface area contributed by atoms with Gasteiger partial charge >= 0.3 is 5.97 Å². The lowest BCUT2D eigenvalue weighted by molar-refractivity contribution is -0.142. The lowest BCUT2D eigenvalue weighted by atomic mass is 9.67. The number of hydrogen-bond acceptors (Lipinski definition) is 1. The van der Waals surface area contributed by atoms with Gasteiger partial charge in [-0.05, 0) is 109 Å². The lowest BCUT2D eigenvalue weighted by Gasteiger charge is -2.38. The van der Waals surface area contributed by atoms with Gasteiger partial charge in [0.2, 0.25) is 0 Å². The molecule has 2 fully saturated rings. The Morgan fingerprint density at radius 1 is 1.12 bits per heavy atom. The third-order valence-corrected chi connectivity index (χ3v) is 7.36. The van der Waals surface area contributed by atoms with Crippen LogP contribution in [0.25, 0.3) is 0 Å². The average Bonchev–Trinajstić information content (AvgIpc) is 2.65. The molecule has 2 aliphatic carbocycles. The molecule has 0 aromatic heterocycles. The van der Waals surface area contributed by atoms with Crippen LogP contribution in [0.15, 0.2) is 35.3 Å². The molecule has 2 nitrogen and oxygen atoms in total. The molecule has 26 heavy (non-hydrogen) atoms. The summed E-state index contributed by atoms with van der Waals surface area (Å²) in [5, 5.41) is 9.31. The van der Waals surface area contributed by atoms with Gasteiger partial charge in [0.25, 0.3) is 0 Å². The quantitative estimate of drug-likeness (QED) is 0.545. The highest BCUT2D eigenvalue weighted by molar-refractivity contribution is 9.10. The highest BCUT2D eigenvalue weighted by atomic mass is 79.9. The Labute approximate surface area is 164 Å². The van der Waals surface area contributed by atoms with Crippen molar-refractivity contribution >= 4 is 21.9 Å². The van der Waals surface area contributed by atoms with Crippen LogP contribution < -0.4 is 0 Å². The summed E-state index contributed by atoms with van der Waals surface area (Å²) in [7, 11) is 0. The number of benzene rings is 1. The zero-order valence-corrected chi connectivity index (χ0v) is 16.8. The predicted octanol–water partition coefficient (Wildman–Crippen LogP) is 6.56. The average molecular weight is 423 g/mol. The molecule has 0 bridgehead atoms. The summed E-state index contributed by atoms with van der Waals surface area (Å²) in [4.78, 5) is 11.3. The number of hydrogen-bond donors (Lipinski definition) is 1. The number of halogens is 2. The van der Waals surface area contributed by atoms with Gasteiger partial charge in [-0.25, -0.2) is 4.39 Å². The van der Waals surface area contributed by atoms with Crippen LogP contribution in [0, 0.1) is 29.5 Å². The normalized spacial score (nSPS) is 30.5. The summed E-state index contributed by atoms with van der Waals surface area (Å²) >= 11 is 3.23. The lowest BCUT2D eigenvalue weighted by Crippen LogP contribution is -2.30. The molecule has 0 amide bonds. The van der Waals surface area contributed by atoms with E-state index in [1.54, 1.807) is 12.1 Å². The topological polar surface area (TPSA) is 37.3 Å². The molecular weight excluding hydrogens is 395 g/mol. The highest BCUT2D eigenvalue weighted by Crippen LogP contribution is 2.45. The van der Waals surface area contributed by atoms with Gasteiger partial charge in [0.1, 0.15) is 5.82 Å². The summed E-state index contributed by atoms with van der Waals surface area (Å²) < 4.78 is 14.3. The largest absolute Gasteiger partial charge is 0.481 e. The summed E-state index contributed by atoms with van der Waals surface area (Å²) in [6, 6.07) is 5.54. The molecule has 0 spiro atoms. The minimum atomic E-state index is -0.731. The van der Waals surface area contributed by atoms with Gasteiger partial charge in [-0.15, -0.1) is 6.58 Å². The molecule has 1 aromatic rings. The van der Waals surface area contributed by atoms with Crippen molar-refractivity contribution in [1.29, 1.82) is 0 Å². The van der Waals surface area contributed by atoms with Crippen LogP contribution >= 0.6 is 15.9 Å². The number of carboxylic acid groups (broad SMARTS) is 1. The van der Waals surface area contributed by atoms with Crippen LogP contribution in [-0.2, 0) is 4.79 Å². The number of carbonyl (C=O) groups is 1. The van der Waals surface area contributed by atoms with E-state index in [2.05, 4.69) is 22.5 Å². The van der Waals surface area contributed by atoms with Crippen LogP contribution in [0.4, 0.5) is 4.39 Å². The van der Waals surface area contributed by atoms with E-state index in [0.29, 0.717) is 10.4 Å². The van der Waals surface area contributed by atoms with Gasteiger partial charge in [0.05, 0.1) is 10.4 Å². The zero-order valence-electron chi connectivity index (χ0n) is 15.2. The monoisotopic (exact) mass is 422 g/mol. The highest BCUT2D eigenvalue weighted by Gasteiger charge is 2.34. The van der Waals surface area contributed by atoms with Crippen LogP contribution in [0.5, 0.6) is 0 Å². The second-order valence-corrected chi connectivity index (χ2v) is 8.91. The molecule has 2 aliphatic rings. The van der Waals surface area contributed by atoms with E-state index in [9.17, 15) is 14.3 Å². The molecule has 1 aromatic carbocycles. The molecule has 2 saturated carbocycles. The van der Waals surface area contributed by atoms with E-state index >= 15 is 0 Å². The molecule has 0 saturated heterocycles. The molecule has 1 unspecified atom stereocenters. The Kier molecular flexibility index (Phi) is 6.55. The van der Waals surface area contributed by atoms with E-state index in [0.717, 1.165) is 55.9 Å². The van der Waals surface area contributed by atoms with Crippen molar-refractivity contribution < 1.29 is 14.3 Å². The standard InChI is InChI=1S/C22H28BrFO2/c1-2-19(22(25)26)17-9-7-15(8-10-17)14-3-5-16(6-4-14)18-11-12-20(23)21(24)13-18/h2,11-17,19H,1,3-10H2,(H,25,26). The van der Waals surface area contributed by atoms with Crippen molar-refractivity contribution in [3.8, 4) is 0 Å². The Bertz CT molecular complexity index is 644. The van der Waals surface area contributed by atoms with E-state index < -0.39 is 5.97 Å². The summed E-state index contributed by atoms with van der Waals surface area (Å²) in [5.41, 5.74) is 1.13. The van der Waals surface area contributed by atoms with E-state index in [-0.39, 0.29) is 17.7 Å². The van der Waals surface area contributed by atoms with Gasteiger partial charge in [0, 0.05) is 0 Å². The van der Waals surface area contributed by atoms with E-state index in [4.69, 9.17) is 0 Å². The van der Waals surface area contributed by atoms with Crippen molar-refractivity contribution in [2.75, 3.05) is 0 Å². The Morgan fingerprint density at radius 2 is 1.69 bits per heavy atom. The number of carboxylic acids is 1. The second kappa shape index (κ2) is 8.69. The maximum absolute atomic E-state index is 13.8. The maximum Gasteiger partial charge on any atom is 0.310 e. The van der Waals surface area contributed by atoms with Gasteiger partial charge in [-0.2, -0.15) is 0 Å². The van der Waals surface area contributed by atoms with E-state index in [1.165, 1.54) is 12.8 Å². The Hall–Kier alpha value is -1.16. The fraction of sp³-hybridized carbons (Fsp3) is 0.591. The summed E-state index contributed by atoms with van der Waals surface area (Å²) in [6.45, 7) is 3.70. The summed E-state index contributed by atoms with van der Waals surface area (Å²) in [5.74, 6) is 0.918. The first-order valence-corrected chi connectivity index (χ1v) is 10.6. The van der Waals surface area contributed by atoms with Crippen molar-refractivity contribution in [1.82, 2.24) is 0 Å². The van der Waals surface area contributed by atoms with Crippen molar-refractivity contribution in [3.05, 3.63) is 46.7 Å². The molecule has 1 N–H and O–H groups in total. The smallest absolute Gasteiger partial charge is 0.310 e. The first kappa shape index (κ1) is 19.6. The Balaban J connectivity index is 1.50. The molecule has 142 valence electrons. The SMILES string of the molecule is C=CC(C(=O)O)C1CCC(C2CCC(c3ccc(Br)c(F)c3)CC2)CC1. The van der Waals surface area contributed by atoms with Gasteiger partial charge in [-0.1, -0.05) is 12.1 Å². The van der Waals surface area contributed by atoms with Gasteiger partial charge in [-0.3, -0.25) is 4.79 Å². The third kappa shape index (κ3) is 4.39. The fourth-order valence-electron chi connectivity index (χ4n) is 5.16. The first-order chi connectivity index (χ1) is 12.5. The van der Waals surface area contributed by atoms with Crippen LogP contribution in [0.1, 0.15) is 62.8 Å². The van der Waals surface area contributed by atoms with Crippen molar-refractivity contribution in [2.24, 2.45) is 23.7 Å². The maximum atomic E-state index is 13.8. The second-order valence-electron chi connectivity index (χ2n) is 8.06. The number of rotatable bonds is 5. The van der Waals surface area contributed by atoms with Crippen LogP contribution in [0.3, 0.4) is 0 Å². The molecule has 0 aliphatic heterocycles. The van der Waals surface area contributed by atoms with Crippen LogP contribution in [-0.4, -0.2) is 11.1 Å². The zero-order chi connectivity index (χ0) is 18.7. The number of aliphatic carboxylic acids is 1. The Morgan fingerprint density at radius 3 is 2.19 bits per heavy atom. The van der Waals surface area contributed by atoms with Crippen LogP contribution in [0.2, 0.25) is 0 Å². The minimum absolute atomic E-state index is 0.168. The van der Waals surface area contributed by atoms with Crippen molar-refractivity contribution in [3.63, 3.8) is 0 Å². The first-order valence-electron chi connectivity index (χ1n) is 9.80. The van der Waals surface area contributed by atoms with Gasteiger partial charge in [0.15, 0.2) is 0 Å². The van der Waals surface area contributed by atoms with Gasteiger partial charge < -0.3 is 5.11 Å². The van der Waals surface area contributed by atoms with Crippen molar-refractivity contribution in [2.45, 2.75) is 57.3 Å². The molecule has 1 atom stereocenters. The molecule has 4 heteroatoms. The molecule has 0 radical (unpaired) electrons.